The van der Waals surface area contributed by atoms with Gasteiger partial charge in [0.05, 0.1) is 22.2 Å². The Kier molecular flexibility index (Phi) is 3.17. The van der Waals surface area contributed by atoms with Crippen molar-refractivity contribution in [3.63, 3.8) is 0 Å². The SMILES string of the molecule is Cc1oc(-c2c(F)cccc2Cl)nc1CCl. The molecule has 0 atom stereocenters. The third-order valence-electron chi connectivity index (χ3n) is 2.20. The fourth-order valence-electron chi connectivity index (χ4n) is 1.36. The monoisotopic (exact) mass is 259 g/mol. The molecule has 0 aliphatic carbocycles. The van der Waals surface area contributed by atoms with E-state index in [1.54, 1.807) is 13.0 Å². The van der Waals surface area contributed by atoms with Crippen LogP contribution < -0.4 is 0 Å². The summed E-state index contributed by atoms with van der Waals surface area (Å²) in [4.78, 5) is 4.10. The number of alkyl halides is 1. The van der Waals surface area contributed by atoms with Gasteiger partial charge in [0.2, 0.25) is 5.89 Å². The van der Waals surface area contributed by atoms with Gasteiger partial charge < -0.3 is 4.42 Å². The molecule has 0 unspecified atom stereocenters. The Balaban J connectivity index is 2.58. The zero-order valence-electron chi connectivity index (χ0n) is 8.43. The number of nitrogens with zero attached hydrogens (tertiary/aromatic N) is 1. The summed E-state index contributed by atoms with van der Waals surface area (Å²) in [5.74, 6) is 0.497. The molecule has 0 bridgehead atoms. The lowest BCUT2D eigenvalue weighted by atomic mass is 10.2. The van der Waals surface area contributed by atoms with E-state index in [2.05, 4.69) is 4.98 Å². The van der Waals surface area contributed by atoms with Gasteiger partial charge in [0, 0.05) is 0 Å². The highest BCUT2D eigenvalue weighted by Gasteiger charge is 2.17. The van der Waals surface area contributed by atoms with Gasteiger partial charge in [-0.05, 0) is 19.1 Å². The van der Waals surface area contributed by atoms with E-state index in [1.165, 1.54) is 12.1 Å². The molecule has 5 heteroatoms. The highest BCUT2D eigenvalue weighted by molar-refractivity contribution is 6.33. The highest BCUT2D eigenvalue weighted by atomic mass is 35.5. The molecule has 2 aromatic rings. The molecule has 0 aliphatic heterocycles. The van der Waals surface area contributed by atoms with Crippen LogP contribution in [-0.4, -0.2) is 4.98 Å². The van der Waals surface area contributed by atoms with Crippen molar-refractivity contribution >= 4 is 23.2 Å². The molecule has 0 saturated carbocycles. The normalized spacial score (nSPS) is 10.8. The van der Waals surface area contributed by atoms with Crippen molar-refractivity contribution in [2.24, 2.45) is 0 Å². The number of rotatable bonds is 2. The predicted molar refractivity (Wildman–Crippen MR) is 61.2 cm³/mol. The van der Waals surface area contributed by atoms with E-state index in [1.807, 2.05) is 0 Å². The molecule has 1 heterocycles. The van der Waals surface area contributed by atoms with E-state index < -0.39 is 5.82 Å². The molecule has 0 radical (unpaired) electrons. The molecule has 0 saturated heterocycles. The number of halogens is 3. The zero-order valence-corrected chi connectivity index (χ0v) is 9.94. The van der Waals surface area contributed by atoms with Crippen LogP contribution >= 0.6 is 23.2 Å². The van der Waals surface area contributed by atoms with E-state index >= 15 is 0 Å². The van der Waals surface area contributed by atoms with Crippen molar-refractivity contribution in [1.82, 2.24) is 4.98 Å². The van der Waals surface area contributed by atoms with Crippen LogP contribution in [0, 0.1) is 12.7 Å². The maximum absolute atomic E-state index is 13.6. The Morgan fingerprint density at radius 3 is 2.75 bits per heavy atom. The predicted octanol–water partition coefficient (Wildman–Crippen LogP) is 4.18. The van der Waals surface area contributed by atoms with E-state index in [-0.39, 0.29) is 22.4 Å². The number of aromatic nitrogens is 1. The Morgan fingerprint density at radius 1 is 1.44 bits per heavy atom. The molecule has 0 fully saturated rings. The molecule has 1 aromatic carbocycles. The number of hydrogen-bond donors (Lipinski definition) is 0. The maximum atomic E-state index is 13.6. The summed E-state index contributed by atoms with van der Waals surface area (Å²) in [6.45, 7) is 1.73. The minimum atomic E-state index is -0.463. The quantitative estimate of drug-likeness (QED) is 0.757. The van der Waals surface area contributed by atoms with E-state index in [9.17, 15) is 4.39 Å². The van der Waals surface area contributed by atoms with Crippen LogP contribution in [-0.2, 0) is 5.88 Å². The molecule has 0 spiro atoms. The lowest BCUT2D eigenvalue weighted by Gasteiger charge is -2.00. The fourth-order valence-corrected chi connectivity index (χ4v) is 1.85. The number of hydrogen-bond acceptors (Lipinski definition) is 2. The summed E-state index contributed by atoms with van der Waals surface area (Å²) in [6.07, 6.45) is 0. The van der Waals surface area contributed by atoms with Crippen molar-refractivity contribution in [1.29, 1.82) is 0 Å². The van der Waals surface area contributed by atoms with Crippen LogP contribution in [0.2, 0.25) is 5.02 Å². The summed E-state index contributed by atoms with van der Waals surface area (Å²) >= 11 is 11.6. The topological polar surface area (TPSA) is 26.0 Å². The Morgan fingerprint density at radius 2 is 2.19 bits per heavy atom. The molecule has 0 amide bonds. The van der Waals surface area contributed by atoms with Gasteiger partial charge >= 0.3 is 0 Å². The van der Waals surface area contributed by atoms with Gasteiger partial charge in [-0.25, -0.2) is 9.37 Å². The van der Waals surface area contributed by atoms with Crippen LogP contribution in [0.15, 0.2) is 22.6 Å². The smallest absolute Gasteiger partial charge is 0.231 e. The van der Waals surface area contributed by atoms with Crippen LogP contribution in [0.25, 0.3) is 11.5 Å². The first-order chi connectivity index (χ1) is 7.63. The first-order valence-corrected chi connectivity index (χ1v) is 5.51. The number of benzene rings is 1. The van der Waals surface area contributed by atoms with Crippen LogP contribution in [0.1, 0.15) is 11.5 Å². The van der Waals surface area contributed by atoms with Crippen molar-refractivity contribution in [3.8, 4) is 11.5 Å². The summed E-state index contributed by atoms with van der Waals surface area (Å²) in [7, 11) is 0. The maximum Gasteiger partial charge on any atom is 0.231 e. The molecule has 0 aliphatic rings. The minimum absolute atomic E-state index is 0.163. The van der Waals surface area contributed by atoms with Gasteiger partial charge in [0.1, 0.15) is 11.6 Å². The second-order valence-corrected chi connectivity index (χ2v) is 3.93. The Labute approximate surface area is 102 Å². The van der Waals surface area contributed by atoms with Gasteiger partial charge in [0.15, 0.2) is 0 Å². The van der Waals surface area contributed by atoms with Crippen molar-refractivity contribution in [2.45, 2.75) is 12.8 Å². The zero-order chi connectivity index (χ0) is 11.7. The molecular formula is C11H8Cl2FNO. The molecule has 2 nitrogen and oxygen atoms in total. The Hall–Kier alpha value is -1.06. The van der Waals surface area contributed by atoms with Gasteiger partial charge in [-0.1, -0.05) is 17.7 Å². The standard InChI is InChI=1S/C11H8Cl2FNO/c1-6-9(5-12)15-11(16-6)10-7(13)3-2-4-8(10)14/h2-4H,5H2,1H3. The molecular weight excluding hydrogens is 252 g/mol. The first-order valence-electron chi connectivity index (χ1n) is 4.60. The second-order valence-electron chi connectivity index (χ2n) is 3.25. The molecule has 16 heavy (non-hydrogen) atoms. The summed E-state index contributed by atoms with van der Waals surface area (Å²) in [6, 6.07) is 4.42. The van der Waals surface area contributed by atoms with Crippen molar-refractivity contribution in [2.75, 3.05) is 0 Å². The Bertz CT molecular complexity index is 504. The highest BCUT2D eigenvalue weighted by Crippen LogP contribution is 2.31. The summed E-state index contributed by atoms with van der Waals surface area (Å²) in [5, 5.41) is 0.266. The van der Waals surface area contributed by atoms with Gasteiger partial charge in [-0.2, -0.15) is 0 Å². The average molecular weight is 260 g/mol. The minimum Gasteiger partial charge on any atom is -0.441 e. The first kappa shape index (κ1) is 11.4. The van der Waals surface area contributed by atoms with Gasteiger partial charge in [-0.3, -0.25) is 0 Å². The third-order valence-corrected chi connectivity index (χ3v) is 2.76. The largest absolute Gasteiger partial charge is 0.441 e. The second kappa shape index (κ2) is 4.44. The third kappa shape index (κ3) is 1.93. The molecule has 2 rings (SSSR count). The number of aryl methyl sites for hydroxylation is 1. The van der Waals surface area contributed by atoms with Crippen molar-refractivity contribution < 1.29 is 8.81 Å². The van der Waals surface area contributed by atoms with Gasteiger partial charge in [-0.15, -0.1) is 11.6 Å². The van der Waals surface area contributed by atoms with Crippen molar-refractivity contribution in [3.05, 3.63) is 40.5 Å². The van der Waals surface area contributed by atoms with Crippen LogP contribution in [0.4, 0.5) is 4.39 Å². The van der Waals surface area contributed by atoms with E-state index in [0.29, 0.717) is 11.5 Å². The number of oxazole rings is 1. The lowest BCUT2D eigenvalue weighted by Crippen LogP contribution is -1.86. The molecule has 1 aromatic heterocycles. The van der Waals surface area contributed by atoms with Gasteiger partial charge in [0.25, 0.3) is 0 Å². The van der Waals surface area contributed by atoms with E-state index in [4.69, 9.17) is 27.6 Å². The van der Waals surface area contributed by atoms with Crippen LogP contribution in [0.5, 0.6) is 0 Å². The lowest BCUT2D eigenvalue weighted by molar-refractivity contribution is 0.533. The average Bonchev–Trinajstić information content (AvgIpc) is 2.59. The van der Waals surface area contributed by atoms with E-state index in [0.717, 1.165) is 0 Å². The molecule has 0 N–H and O–H groups in total. The summed E-state index contributed by atoms with van der Waals surface area (Å²) in [5.41, 5.74) is 0.764. The fraction of sp³-hybridized carbons (Fsp3) is 0.182. The summed E-state index contributed by atoms with van der Waals surface area (Å²) < 4.78 is 18.9. The van der Waals surface area contributed by atoms with Crippen LogP contribution in [0.3, 0.4) is 0 Å². The molecule has 84 valence electrons.